The minimum Gasteiger partial charge on any atom is -0.390 e. The standard InChI is InChI=1S/C9H16N2O4S2/c12-7-5-17(13,14)4-6(7)10-9(16)11-8-2-1-3-15-8/h6-8,12H,1-5H2,(H2,10,11,16). The predicted molar refractivity (Wildman–Crippen MR) is 66.3 cm³/mol. The minimum absolute atomic E-state index is 0.0818. The summed E-state index contributed by atoms with van der Waals surface area (Å²) in [6, 6.07) is -0.526. The number of aliphatic hydroxyl groups excluding tert-OH is 1. The number of nitrogens with one attached hydrogen (secondary N) is 2. The van der Waals surface area contributed by atoms with Crippen LogP contribution in [0.4, 0.5) is 0 Å². The molecule has 0 amide bonds. The van der Waals surface area contributed by atoms with Crippen molar-refractivity contribution in [2.24, 2.45) is 0 Å². The zero-order valence-electron chi connectivity index (χ0n) is 9.26. The first-order valence-electron chi connectivity index (χ1n) is 5.53. The molecule has 2 aliphatic heterocycles. The van der Waals surface area contributed by atoms with Crippen LogP contribution in [0.1, 0.15) is 12.8 Å². The van der Waals surface area contributed by atoms with E-state index < -0.39 is 22.0 Å². The van der Waals surface area contributed by atoms with Crippen LogP contribution in [0, 0.1) is 0 Å². The van der Waals surface area contributed by atoms with Crippen LogP contribution in [0.2, 0.25) is 0 Å². The number of ether oxygens (including phenoxy) is 1. The molecule has 3 atom stereocenters. The summed E-state index contributed by atoms with van der Waals surface area (Å²) in [5.74, 6) is -0.283. The Kier molecular flexibility index (Phi) is 3.86. The van der Waals surface area contributed by atoms with Crippen LogP contribution in [0.25, 0.3) is 0 Å². The summed E-state index contributed by atoms with van der Waals surface area (Å²) in [7, 11) is -3.15. The first-order valence-corrected chi connectivity index (χ1v) is 7.76. The smallest absolute Gasteiger partial charge is 0.168 e. The first kappa shape index (κ1) is 13.0. The first-order chi connectivity index (χ1) is 7.96. The van der Waals surface area contributed by atoms with Gasteiger partial charge < -0.3 is 20.5 Å². The SMILES string of the molecule is O=S1(=O)CC(O)C(NC(=S)NC2CCCO2)C1. The summed E-state index contributed by atoms with van der Waals surface area (Å²) in [6.07, 6.45) is 0.864. The molecule has 0 aliphatic carbocycles. The molecular formula is C9H16N2O4S2. The average molecular weight is 280 g/mol. The molecule has 6 nitrogen and oxygen atoms in total. The van der Waals surface area contributed by atoms with Crippen LogP contribution in [-0.4, -0.2) is 55.1 Å². The maximum Gasteiger partial charge on any atom is 0.168 e. The van der Waals surface area contributed by atoms with E-state index in [-0.39, 0.29) is 17.7 Å². The number of hydrogen-bond donors (Lipinski definition) is 3. The molecule has 3 unspecified atom stereocenters. The Bertz CT molecular complexity index is 392. The number of aliphatic hydroxyl groups is 1. The number of sulfone groups is 1. The van der Waals surface area contributed by atoms with Gasteiger partial charge in [-0.05, 0) is 25.1 Å². The van der Waals surface area contributed by atoms with E-state index in [4.69, 9.17) is 17.0 Å². The third-order valence-corrected chi connectivity index (χ3v) is 4.81. The highest BCUT2D eigenvalue weighted by molar-refractivity contribution is 7.91. The molecule has 0 bridgehead atoms. The number of hydrogen-bond acceptors (Lipinski definition) is 5. The highest BCUT2D eigenvalue weighted by Crippen LogP contribution is 2.13. The van der Waals surface area contributed by atoms with Gasteiger partial charge in [0.05, 0.1) is 23.7 Å². The highest BCUT2D eigenvalue weighted by Gasteiger charge is 2.36. The monoisotopic (exact) mass is 280 g/mol. The molecule has 98 valence electrons. The van der Waals surface area contributed by atoms with E-state index in [1.165, 1.54) is 0 Å². The fraction of sp³-hybridized carbons (Fsp3) is 0.889. The summed E-state index contributed by atoms with van der Waals surface area (Å²) in [4.78, 5) is 0. The van der Waals surface area contributed by atoms with Crippen LogP contribution in [0.5, 0.6) is 0 Å². The molecule has 0 aromatic carbocycles. The molecule has 2 fully saturated rings. The fourth-order valence-corrected chi connectivity index (χ4v) is 4.04. The fourth-order valence-electron chi connectivity index (χ4n) is 2.01. The Morgan fingerprint density at radius 1 is 1.35 bits per heavy atom. The molecule has 8 heteroatoms. The number of rotatable bonds is 2. The molecule has 0 aromatic heterocycles. The van der Waals surface area contributed by atoms with Gasteiger partial charge in [-0.15, -0.1) is 0 Å². The summed E-state index contributed by atoms with van der Waals surface area (Å²) in [5, 5.41) is 15.7. The van der Waals surface area contributed by atoms with Crippen molar-refractivity contribution in [2.75, 3.05) is 18.1 Å². The van der Waals surface area contributed by atoms with Crippen LogP contribution in [-0.2, 0) is 14.6 Å². The molecular weight excluding hydrogens is 264 g/mol. The van der Waals surface area contributed by atoms with Gasteiger partial charge in [0.1, 0.15) is 6.23 Å². The lowest BCUT2D eigenvalue weighted by Crippen LogP contribution is -2.49. The largest absolute Gasteiger partial charge is 0.390 e. The van der Waals surface area contributed by atoms with Crippen molar-refractivity contribution in [2.45, 2.75) is 31.2 Å². The summed E-state index contributed by atoms with van der Waals surface area (Å²) >= 11 is 5.05. The van der Waals surface area contributed by atoms with Crippen LogP contribution in [0.15, 0.2) is 0 Å². The van der Waals surface area contributed by atoms with Gasteiger partial charge in [0.2, 0.25) is 0 Å². The molecule has 2 aliphatic rings. The lowest BCUT2D eigenvalue weighted by Gasteiger charge is -2.20. The molecule has 17 heavy (non-hydrogen) atoms. The average Bonchev–Trinajstić information content (AvgIpc) is 2.75. The molecule has 2 heterocycles. The normalized spacial score (nSPS) is 35.7. The second-order valence-electron chi connectivity index (χ2n) is 4.37. The summed E-state index contributed by atoms with van der Waals surface area (Å²) in [5.41, 5.74) is 0. The van der Waals surface area contributed by atoms with Gasteiger partial charge in [0.25, 0.3) is 0 Å². The topological polar surface area (TPSA) is 87.7 Å². The Balaban J connectivity index is 1.82. The number of thiocarbonyl (C=S) groups is 1. The molecule has 0 saturated carbocycles. The summed E-state index contributed by atoms with van der Waals surface area (Å²) < 4.78 is 27.9. The summed E-state index contributed by atoms with van der Waals surface area (Å²) in [6.45, 7) is 0.709. The third kappa shape index (κ3) is 3.51. The van der Waals surface area contributed by atoms with Gasteiger partial charge >= 0.3 is 0 Å². The maximum absolute atomic E-state index is 11.3. The molecule has 0 spiro atoms. The zero-order chi connectivity index (χ0) is 12.5. The van der Waals surface area contributed by atoms with E-state index in [2.05, 4.69) is 10.6 Å². The Morgan fingerprint density at radius 2 is 2.12 bits per heavy atom. The van der Waals surface area contributed by atoms with E-state index in [1.807, 2.05) is 0 Å². The molecule has 3 N–H and O–H groups in total. The van der Waals surface area contributed by atoms with Crippen LogP contribution >= 0.6 is 12.2 Å². The van der Waals surface area contributed by atoms with Crippen LogP contribution < -0.4 is 10.6 Å². The van der Waals surface area contributed by atoms with Crippen molar-refractivity contribution in [3.8, 4) is 0 Å². The third-order valence-electron chi connectivity index (χ3n) is 2.86. The lowest BCUT2D eigenvalue weighted by molar-refractivity contribution is 0.0991. The van der Waals surface area contributed by atoms with Crippen molar-refractivity contribution in [1.82, 2.24) is 10.6 Å². The van der Waals surface area contributed by atoms with Crippen molar-refractivity contribution < 1.29 is 18.3 Å². The van der Waals surface area contributed by atoms with Crippen molar-refractivity contribution in [1.29, 1.82) is 0 Å². The Morgan fingerprint density at radius 3 is 2.65 bits per heavy atom. The predicted octanol–water partition coefficient (Wildman–Crippen LogP) is -1.26. The molecule has 0 aromatic rings. The molecule has 2 rings (SSSR count). The van der Waals surface area contributed by atoms with E-state index in [1.54, 1.807) is 0 Å². The van der Waals surface area contributed by atoms with E-state index >= 15 is 0 Å². The molecule has 2 saturated heterocycles. The van der Waals surface area contributed by atoms with Gasteiger partial charge in [-0.1, -0.05) is 0 Å². The van der Waals surface area contributed by atoms with Gasteiger partial charge in [-0.2, -0.15) is 0 Å². The zero-order valence-corrected chi connectivity index (χ0v) is 10.9. The quantitative estimate of drug-likeness (QED) is 0.544. The van der Waals surface area contributed by atoms with Gasteiger partial charge in [-0.3, -0.25) is 0 Å². The van der Waals surface area contributed by atoms with Gasteiger partial charge in [0, 0.05) is 6.61 Å². The second kappa shape index (κ2) is 5.05. The Labute approximate surface area is 106 Å². The Hall–Kier alpha value is -0.440. The lowest BCUT2D eigenvalue weighted by atomic mass is 10.2. The minimum atomic E-state index is -3.15. The van der Waals surface area contributed by atoms with E-state index in [9.17, 15) is 13.5 Å². The van der Waals surface area contributed by atoms with Gasteiger partial charge in [-0.25, -0.2) is 8.42 Å². The second-order valence-corrected chi connectivity index (χ2v) is 6.93. The molecule has 0 radical (unpaired) electrons. The maximum atomic E-state index is 11.3. The van der Waals surface area contributed by atoms with E-state index in [0.29, 0.717) is 11.7 Å². The van der Waals surface area contributed by atoms with E-state index in [0.717, 1.165) is 12.8 Å². The van der Waals surface area contributed by atoms with Crippen molar-refractivity contribution in [3.05, 3.63) is 0 Å². The van der Waals surface area contributed by atoms with Crippen LogP contribution in [0.3, 0.4) is 0 Å². The van der Waals surface area contributed by atoms with Gasteiger partial charge in [0.15, 0.2) is 14.9 Å². The van der Waals surface area contributed by atoms with Crippen molar-refractivity contribution in [3.63, 3.8) is 0 Å². The van der Waals surface area contributed by atoms with Crippen molar-refractivity contribution >= 4 is 27.2 Å². The highest BCUT2D eigenvalue weighted by atomic mass is 32.2.